The van der Waals surface area contributed by atoms with Crippen molar-refractivity contribution in [2.45, 2.75) is 50.3 Å². The fraction of sp³-hybridized carbons (Fsp3) is 0.800. The van der Waals surface area contributed by atoms with Gasteiger partial charge in [-0.05, 0) is 58.4 Å². The number of hydrogen-bond donors (Lipinski definition) is 2. The maximum atomic E-state index is 12.4. The van der Waals surface area contributed by atoms with E-state index in [4.69, 9.17) is 0 Å². The van der Waals surface area contributed by atoms with Gasteiger partial charge in [-0.2, -0.15) is 11.8 Å². The topological polar surface area (TPSA) is 71.8 Å². The Kier molecular flexibility index (Phi) is 6.33. The maximum absolute atomic E-state index is 12.4. The van der Waals surface area contributed by atoms with Gasteiger partial charge in [-0.1, -0.05) is 5.21 Å². The molecule has 1 aromatic heterocycles. The minimum Gasteiger partial charge on any atom is -0.349 e. The molecule has 2 aliphatic heterocycles. The van der Waals surface area contributed by atoms with Gasteiger partial charge >= 0.3 is 0 Å². The summed E-state index contributed by atoms with van der Waals surface area (Å²) >= 11 is 1.95. The molecule has 6 nitrogen and oxygen atoms in total. The summed E-state index contributed by atoms with van der Waals surface area (Å²) < 4.78 is 2.11. The molecule has 2 fully saturated rings. The number of halogens is 1. The first-order chi connectivity index (χ1) is 10.6. The molecule has 2 aliphatic rings. The number of thioether (sulfide) groups is 1. The van der Waals surface area contributed by atoms with E-state index < -0.39 is 0 Å². The second-order valence-electron chi connectivity index (χ2n) is 6.53. The highest BCUT2D eigenvalue weighted by molar-refractivity contribution is 8.00. The monoisotopic (exact) mass is 359 g/mol. The van der Waals surface area contributed by atoms with Crippen LogP contribution in [0.4, 0.5) is 0 Å². The van der Waals surface area contributed by atoms with Crippen molar-refractivity contribution in [3.63, 3.8) is 0 Å². The van der Waals surface area contributed by atoms with Gasteiger partial charge in [-0.25, -0.2) is 4.68 Å². The molecule has 130 valence electrons. The molecule has 3 heterocycles. The van der Waals surface area contributed by atoms with Crippen molar-refractivity contribution >= 4 is 30.1 Å². The average molecular weight is 360 g/mol. The first-order valence-electron chi connectivity index (χ1n) is 8.14. The SMILES string of the molecule is Cc1c(C(=O)NCC2(C)CCCS2)nnn1C1CCNCC1.Cl. The molecule has 2 saturated heterocycles. The van der Waals surface area contributed by atoms with E-state index in [1.54, 1.807) is 0 Å². The predicted octanol–water partition coefficient (Wildman–Crippen LogP) is 1.95. The van der Waals surface area contributed by atoms with E-state index in [-0.39, 0.29) is 23.1 Å². The summed E-state index contributed by atoms with van der Waals surface area (Å²) in [5.74, 6) is 1.10. The zero-order chi connectivity index (χ0) is 15.6. The summed E-state index contributed by atoms with van der Waals surface area (Å²) in [6.45, 7) is 6.88. The number of rotatable bonds is 4. The first-order valence-corrected chi connectivity index (χ1v) is 9.12. The standard InChI is InChI=1S/C15H25N5OS.ClH/c1-11-13(14(21)17-10-15(2)6-3-9-22-15)18-19-20(11)12-4-7-16-8-5-12;/h12,16H,3-10H2,1-2H3,(H,17,21);1H. The van der Waals surface area contributed by atoms with Crippen molar-refractivity contribution in [3.8, 4) is 0 Å². The Labute approximate surface area is 147 Å². The molecule has 0 aromatic carbocycles. The largest absolute Gasteiger partial charge is 0.349 e. The second kappa shape index (κ2) is 7.85. The molecule has 8 heteroatoms. The van der Waals surface area contributed by atoms with Crippen molar-refractivity contribution < 1.29 is 4.79 Å². The van der Waals surface area contributed by atoms with Crippen LogP contribution >= 0.6 is 24.2 Å². The van der Waals surface area contributed by atoms with Crippen LogP contribution in [0.2, 0.25) is 0 Å². The summed E-state index contributed by atoms with van der Waals surface area (Å²) in [6.07, 6.45) is 4.49. The van der Waals surface area contributed by atoms with Crippen molar-refractivity contribution in [2.75, 3.05) is 25.4 Å². The van der Waals surface area contributed by atoms with Crippen LogP contribution in [-0.4, -0.2) is 51.0 Å². The lowest BCUT2D eigenvalue weighted by molar-refractivity contribution is 0.0944. The van der Waals surface area contributed by atoms with Crippen LogP contribution in [0.5, 0.6) is 0 Å². The lowest BCUT2D eigenvalue weighted by Gasteiger charge is -2.24. The minimum atomic E-state index is -0.0913. The van der Waals surface area contributed by atoms with E-state index in [1.807, 2.05) is 23.4 Å². The number of nitrogens with one attached hydrogen (secondary N) is 2. The van der Waals surface area contributed by atoms with E-state index in [0.717, 1.165) is 31.6 Å². The molecule has 2 N–H and O–H groups in total. The number of hydrogen-bond acceptors (Lipinski definition) is 5. The fourth-order valence-electron chi connectivity index (χ4n) is 3.28. The molecule has 1 unspecified atom stereocenters. The van der Waals surface area contributed by atoms with Gasteiger partial charge in [0.2, 0.25) is 0 Å². The normalized spacial score (nSPS) is 25.1. The highest BCUT2D eigenvalue weighted by atomic mass is 35.5. The number of piperidine rings is 1. The van der Waals surface area contributed by atoms with Gasteiger partial charge in [0.25, 0.3) is 5.91 Å². The van der Waals surface area contributed by atoms with Crippen LogP contribution in [-0.2, 0) is 0 Å². The molecule has 0 aliphatic carbocycles. The third kappa shape index (κ3) is 4.19. The van der Waals surface area contributed by atoms with Crippen LogP contribution in [0, 0.1) is 6.92 Å². The van der Waals surface area contributed by atoms with Gasteiger partial charge in [0.15, 0.2) is 5.69 Å². The zero-order valence-electron chi connectivity index (χ0n) is 13.8. The van der Waals surface area contributed by atoms with Gasteiger partial charge in [0.05, 0.1) is 11.7 Å². The number of nitrogens with zero attached hydrogens (tertiary/aromatic N) is 3. The summed E-state index contributed by atoms with van der Waals surface area (Å²) in [5, 5.41) is 14.8. The maximum Gasteiger partial charge on any atom is 0.273 e. The molecular weight excluding hydrogens is 334 g/mol. The van der Waals surface area contributed by atoms with E-state index in [9.17, 15) is 4.79 Å². The number of carbonyl (C=O) groups is 1. The van der Waals surface area contributed by atoms with Crippen molar-refractivity contribution in [3.05, 3.63) is 11.4 Å². The summed E-state index contributed by atoms with van der Waals surface area (Å²) in [6, 6.07) is 0.359. The van der Waals surface area contributed by atoms with Crippen LogP contribution < -0.4 is 10.6 Å². The van der Waals surface area contributed by atoms with Crippen molar-refractivity contribution in [2.24, 2.45) is 0 Å². The first kappa shape index (κ1) is 18.5. The highest BCUT2D eigenvalue weighted by Crippen LogP contribution is 2.37. The quantitative estimate of drug-likeness (QED) is 0.859. The molecule has 1 aromatic rings. The Morgan fingerprint density at radius 2 is 2.22 bits per heavy atom. The van der Waals surface area contributed by atoms with Gasteiger partial charge in [-0.3, -0.25) is 4.79 Å². The number of carbonyl (C=O) groups excluding carboxylic acids is 1. The van der Waals surface area contributed by atoms with Crippen LogP contribution in [0.1, 0.15) is 54.8 Å². The fourth-order valence-corrected chi connectivity index (χ4v) is 4.52. The lowest BCUT2D eigenvalue weighted by Crippen LogP contribution is -2.37. The Morgan fingerprint density at radius 3 is 2.87 bits per heavy atom. The molecule has 3 rings (SSSR count). The van der Waals surface area contributed by atoms with Crippen molar-refractivity contribution in [1.29, 1.82) is 0 Å². The molecule has 0 bridgehead atoms. The molecule has 0 spiro atoms. The lowest BCUT2D eigenvalue weighted by atomic mass is 10.1. The molecule has 1 atom stereocenters. The van der Waals surface area contributed by atoms with Crippen LogP contribution in [0.15, 0.2) is 0 Å². The second-order valence-corrected chi connectivity index (χ2v) is 8.22. The van der Waals surface area contributed by atoms with E-state index in [0.29, 0.717) is 18.3 Å². The van der Waals surface area contributed by atoms with Crippen LogP contribution in [0.3, 0.4) is 0 Å². The summed E-state index contributed by atoms with van der Waals surface area (Å²) in [7, 11) is 0. The van der Waals surface area contributed by atoms with Gasteiger partial charge in [-0.15, -0.1) is 17.5 Å². The highest BCUT2D eigenvalue weighted by Gasteiger charge is 2.30. The molecule has 0 saturated carbocycles. The number of aromatic nitrogens is 3. The summed E-state index contributed by atoms with van der Waals surface area (Å²) in [4.78, 5) is 12.4. The van der Waals surface area contributed by atoms with Crippen molar-refractivity contribution in [1.82, 2.24) is 25.6 Å². The Bertz CT molecular complexity index is 538. The van der Waals surface area contributed by atoms with Gasteiger partial charge in [0, 0.05) is 11.3 Å². The third-order valence-corrected chi connectivity index (χ3v) is 6.26. The van der Waals surface area contributed by atoms with E-state index in [1.165, 1.54) is 18.6 Å². The Morgan fingerprint density at radius 1 is 1.48 bits per heavy atom. The Balaban J connectivity index is 0.00000192. The van der Waals surface area contributed by atoms with E-state index in [2.05, 4.69) is 27.9 Å². The third-order valence-electron chi connectivity index (χ3n) is 4.72. The average Bonchev–Trinajstić information content (AvgIpc) is 3.13. The molecule has 0 radical (unpaired) electrons. The number of amides is 1. The van der Waals surface area contributed by atoms with Crippen LogP contribution in [0.25, 0.3) is 0 Å². The van der Waals surface area contributed by atoms with Gasteiger partial charge in [0.1, 0.15) is 0 Å². The molecular formula is C15H26ClN5OS. The smallest absolute Gasteiger partial charge is 0.273 e. The predicted molar refractivity (Wildman–Crippen MR) is 95.6 cm³/mol. The zero-order valence-corrected chi connectivity index (χ0v) is 15.4. The van der Waals surface area contributed by atoms with Gasteiger partial charge < -0.3 is 10.6 Å². The summed E-state index contributed by atoms with van der Waals surface area (Å²) in [5.41, 5.74) is 1.36. The Hall–Kier alpha value is -0.790. The molecule has 23 heavy (non-hydrogen) atoms. The minimum absolute atomic E-state index is 0. The van der Waals surface area contributed by atoms with E-state index >= 15 is 0 Å². The molecule has 1 amide bonds.